The van der Waals surface area contributed by atoms with Gasteiger partial charge in [0.1, 0.15) is 22.8 Å². The molecule has 2 aromatic heterocycles. The molecule has 0 aliphatic heterocycles. The molecule has 0 atom stereocenters. The molecule has 27 heavy (non-hydrogen) atoms. The van der Waals surface area contributed by atoms with Crippen LogP contribution in [0.1, 0.15) is 23.2 Å². The number of carbonyl (C=O) groups is 2. The molecular weight excluding hydrogens is 355 g/mol. The third-order valence-electron chi connectivity index (χ3n) is 4.20. The standard InChI is InChI=1S/C19H15FN2O5/c1-22-18-13(8-11(9-21-18)10-3-2-4-12(20)7-10)17(26)16(19(22)27)14(23)5-6-15(24)25/h2-4,7-9,26H,5-6H2,1H3,(H,24,25). The summed E-state index contributed by atoms with van der Waals surface area (Å²) >= 11 is 0. The van der Waals surface area contributed by atoms with Gasteiger partial charge in [-0.3, -0.25) is 19.0 Å². The number of aromatic hydroxyl groups is 1. The minimum atomic E-state index is -1.18. The van der Waals surface area contributed by atoms with E-state index in [9.17, 15) is 23.9 Å². The molecule has 8 heteroatoms. The number of carbonyl (C=O) groups excluding carboxylic acids is 1. The molecule has 0 saturated heterocycles. The maximum absolute atomic E-state index is 13.5. The Kier molecular flexibility index (Phi) is 4.72. The average molecular weight is 370 g/mol. The molecule has 1 aromatic carbocycles. The van der Waals surface area contributed by atoms with Gasteiger partial charge in [0, 0.05) is 25.2 Å². The first-order valence-corrected chi connectivity index (χ1v) is 8.02. The highest BCUT2D eigenvalue weighted by Gasteiger charge is 2.22. The number of hydrogen-bond acceptors (Lipinski definition) is 5. The third kappa shape index (κ3) is 3.41. The highest BCUT2D eigenvalue weighted by Crippen LogP contribution is 2.30. The lowest BCUT2D eigenvalue weighted by Crippen LogP contribution is -2.25. The molecule has 0 radical (unpaired) electrons. The first-order valence-electron chi connectivity index (χ1n) is 8.02. The second-order valence-electron chi connectivity index (χ2n) is 6.01. The number of carboxylic acid groups (broad SMARTS) is 1. The maximum atomic E-state index is 13.5. The molecule has 0 amide bonds. The van der Waals surface area contributed by atoms with Gasteiger partial charge in [0.15, 0.2) is 5.78 Å². The van der Waals surface area contributed by atoms with Gasteiger partial charge in [-0.25, -0.2) is 9.37 Å². The van der Waals surface area contributed by atoms with Crippen molar-refractivity contribution in [3.63, 3.8) is 0 Å². The number of ketones is 1. The van der Waals surface area contributed by atoms with E-state index in [4.69, 9.17) is 5.11 Å². The monoisotopic (exact) mass is 370 g/mol. The van der Waals surface area contributed by atoms with Gasteiger partial charge in [0.25, 0.3) is 5.56 Å². The van der Waals surface area contributed by atoms with Crippen LogP contribution in [0, 0.1) is 5.82 Å². The average Bonchev–Trinajstić information content (AvgIpc) is 2.64. The van der Waals surface area contributed by atoms with Crippen molar-refractivity contribution >= 4 is 22.8 Å². The molecule has 0 saturated carbocycles. The van der Waals surface area contributed by atoms with Crippen LogP contribution < -0.4 is 5.56 Å². The predicted molar refractivity (Wildman–Crippen MR) is 95.2 cm³/mol. The molecule has 0 unspecified atom stereocenters. The van der Waals surface area contributed by atoms with Crippen molar-refractivity contribution in [2.45, 2.75) is 12.8 Å². The minimum Gasteiger partial charge on any atom is -0.506 e. The van der Waals surface area contributed by atoms with E-state index in [1.807, 2.05) is 0 Å². The van der Waals surface area contributed by atoms with Gasteiger partial charge < -0.3 is 10.2 Å². The van der Waals surface area contributed by atoms with E-state index in [-0.39, 0.29) is 11.0 Å². The first-order chi connectivity index (χ1) is 12.8. The molecule has 138 valence electrons. The topological polar surface area (TPSA) is 109 Å². The SMILES string of the molecule is Cn1c(=O)c(C(=O)CCC(=O)O)c(O)c2cc(-c3cccc(F)c3)cnc21. The Hall–Kier alpha value is -3.55. The number of aliphatic carboxylic acids is 1. The van der Waals surface area contributed by atoms with Crippen LogP contribution in [0.15, 0.2) is 41.3 Å². The van der Waals surface area contributed by atoms with Gasteiger partial charge in [0.2, 0.25) is 0 Å². The summed E-state index contributed by atoms with van der Waals surface area (Å²) in [6.07, 6.45) is 0.559. The molecular formula is C19H15FN2O5. The number of fused-ring (bicyclic) bond motifs is 1. The van der Waals surface area contributed by atoms with Gasteiger partial charge in [-0.1, -0.05) is 12.1 Å². The molecule has 0 aliphatic carbocycles. The Bertz CT molecular complexity index is 1140. The van der Waals surface area contributed by atoms with Crippen LogP contribution in [0.4, 0.5) is 4.39 Å². The van der Waals surface area contributed by atoms with Crippen molar-refractivity contribution < 1.29 is 24.2 Å². The summed E-state index contributed by atoms with van der Waals surface area (Å²) in [6.45, 7) is 0. The second-order valence-corrected chi connectivity index (χ2v) is 6.01. The normalized spacial score (nSPS) is 10.9. The first kappa shape index (κ1) is 18.2. The number of Topliss-reactive ketones (excluding diaryl/α,β-unsaturated/α-hetero) is 1. The van der Waals surface area contributed by atoms with Gasteiger partial charge in [-0.15, -0.1) is 0 Å². The van der Waals surface area contributed by atoms with Gasteiger partial charge in [-0.2, -0.15) is 0 Å². The quantitative estimate of drug-likeness (QED) is 0.668. The van der Waals surface area contributed by atoms with Crippen molar-refractivity contribution in [1.82, 2.24) is 9.55 Å². The van der Waals surface area contributed by atoms with E-state index >= 15 is 0 Å². The molecule has 2 N–H and O–H groups in total. The smallest absolute Gasteiger partial charge is 0.303 e. The zero-order valence-corrected chi connectivity index (χ0v) is 14.3. The van der Waals surface area contributed by atoms with E-state index in [2.05, 4.69) is 4.98 Å². The van der Waals surface area contributed by atoms with E-state index < -0.39 is 47.3 Å². The van der Waals surface area contributed by atoms with E-state index in [0.29, 0.717) is 11.1 Å². The van der Waals surface area contributed by atoms with Crippen LogP contribution in [0.2, 0.25) is 0 Å². The molecule has 7 nitrogen and oxygen atoms in total. The Morgan fingerprint density at radius 1 is 1.19 bits per heavy atom. The highest BCUT2D eigenvalue weighted by atomic mass is 19.1. The largest absolute Gasteiger partial charge is 0.506 e. The summed E-state index contributed by atoms with van der Waals surface area (Å²) < 4.78 is 14.6. The Balaban J connectivity index is 2.20. The van der Waals surface area contributed by atoms with Crippen molar-refractivity contribution in [2.24, 2.45) is 7.05 Å². The third-order valence-corrected chi connectivity index (χ3v) is 4.20. The molecule has 3 aromatic rings. The van der Waals surface area contributed by atoms with Crippen molar-refractivity contribution in [3.05, 3.63) is 58.3 Å². The number of aromatic nitrogens is 2. The predicted octanol–water partition coefficient (Wildman–Crippen LogP) is 2.49. The zero-order valence-electron chi connectivity index (χ0n) is 14.3. The molecule has 2 heterocycles. The van der Waals surface area contributed by atoms with Crippen LogP contribution in [-0.2, 0) is 11.8 Å². The summed E-state index contributed by atoms with van der Waals surface area (Å²) in [4.78, 5) is 39.5. The highest BCUT2D eigenvalue weighted by molar-refractivity contribution is 6.04. The number of hydrogen-bond donors (Lipinski definition) is 2. The maximum Gasteiger partial charge on any atom is 0.303 e. The zero-order chi connectivity index (χ0) is 19.7. The summed E-state index contributed by atoms with van der Waals surface area (Å²) in [5.41, 5.74) is -0.102. The second kappa shape index (κ2) is 6.99. The van der Waals surface area contributed by atoms with E-state index in [0.717, 1.165) is 4.57 Å². The Morgan fingerprint density at radius 2 is 1.93 bits per heavy atom. The minimum absolute atomic E-state index is 0.137. The van der Waals surface area contributed by atoms with Crippen LogP contribution in [-0.4, -0.2) is 31.5 Å². The number of aryl methyl sites for hydroxylation is 1. The summed E-state index contributed by atoms with van der Waals surface area (Å²) in [7, 11) is 1.40. The van der Waals surface area contributed by atoms with Crippen LogP contribution in [0.3, 0.4) is 0 Å². The number of pyridine rings is 2. The van der Waals surface area contributed by atoms with Crippen LogP contribution >= 0.6 is 0 Å². The lowest BCUT2D eigenvalue weighted by molar-refractivity contribution is -0.136. The van der Waals surface area contributed by atoms with Gasteiger partial charge in [-0.05, 0) is 23.8 Å². The number of nitrogens with zero attached hydrogens (tertiary/aromatic N) is 2. The van der Waals surface area contributed by atoms with E-state index in [1.54, 1.807) is 6.07 Å². The number of rotatable bonds is 5. The lowest BCUT2D eigenvalue weighted by Gasteiger charge is -2.12. The lowest BCUT2D eigenvalue weighted by atomic mass is 10.0. The van der Waals surface area contributed by atoms with E-state index in [1.165, 1.54) is 37.5 Å². The molecule has 0 bridgehead atoms. The fraction of sp³-hybridized carbons (Fsp3) is 0.158. The number of carboxylic acids is 1. The summed E-state index contributed by atoms with van der Waals surface area (Å²) in [5, 5.41) is 19.4. The molecule has 0 aliphatic rings. The molecule has 0 spiro atoms. The van der Waals surface area contributed by atoms with Crippen molar-refractivity contribution in [2.75, 3.05) is 0 Å². The van der Waals surface area contributed by atoms with Crippen LogP contribution in [0.5, 0.6) is 5.75 Å². The Labute approximate surface area is 152 Å². The van der Waals surface area contributed by atoms with Crippen molar-refractivity contribution in [1.29, 1.82) is 0 Å². The summed E-state index contributed by atoms with van der Waals surface area (Å²) in [6, 6.07) is 7.26. The fourth-order valence-corrected chi connectivity index (χ4v) is 2.82. The summed E-state index contributed by atoms with van der Waals surface area (Å²) in [5.74, 6) is -2.96. The molecule has 3 rings (SSSR count). The van der Waals surface area contributed by atoms with Gasteiger partial charge >= 0.3 is 5.97 Å². The molecule has 0 fully saturated rings. The number of benzene rings is 1. The van der Waals surface area contributed by atoms with Gasteiger partial charge in [0.05, 0.1) is 11.8 Å². The van der Waals surface area contributed by atoms with Crippen LogP contribution in [0.25, 0.3) is 22.2 Å². The van der Waals surface area contributed by atoms with Crippen molar-refractivity contribution in [3.8, 4) is 16.9 Å². The Morgan fingerprint density at radius 3 is 2.59 bits per heavy atom. The fourth-order valence-electron chi connectivity index (χ4n) is 2.82. The number of halogens is 1.